The van der Waals surface area contributed by atoms with Crippen LogP contribution in [0.25, 0.3) is 0 Å². The summed E-state index contributed by atoms with van der Waals surface area (Å²) in [5.41, 5.74) is 1.59. The van der Waals surface area contributed by atoms with Crippen LogP contribution in [-0.4, -0.2) is 81.5 Å². The molecule has 155 valence electrons. The number of likely N-dealkylation sites (N-methyl/N-ethyl adjacent to an activating group) is 1. The molecule has 10 heteroatoms. The van der Waals surface area contributed by atoms with E-state index < -0.39 is 6.09 Å². The molecule has 0 saturated carbocycles. The minimum absolute atomic E-state index is 0. The summed E-state index contributed by atoms with van der Waals surface area (Å²) in [5, 5.41) is 2.68. The summed E-state index contributed by atoms with van der Waals surface area (Å²) in [5.74, 6) is -0.142. The first-order valence-electron chi connectivity index (χ1n) is 9.24. The molecule has 3 heterocycles. The van der Waals surface area contributed by atoms with Crippen LogP contribution in [0.15, 0.2) is 12.1 Å². The van der Waals surface area contributed by atoms with E-state index in [9.17, 15) is 9.59 Å². The Morgan fingerprint density at radius 3 is 2.69 bits per heavy atom. The van der Waals surface area contributed by atoms with Gasteiger partial charge in [-0.25, -0.2) is 10.5 Å². The summed E-state index contributed by atoms with van der Waals surface area (Å²) >= 11 is 0. The molecule has 0 bridgehead atoms. The fourth-order valence-corrected chi connectivity index (χ4v) is 3.94. The van der Waals surface area contributed by atoms with Gasteiger partial charge < -0.3 is 41.6 Å². The predicted octanol–water partition coefficient (Wildman–Crippen LogP) is 0.265. The molecule has 0 aliphatic carbocycles. The number of ether oxygens (including phenoxy) is 2. The van der Waals surface area contributed by atoms with Gasteiger partial charge in [-0.1, -0.05) is 0 Å². The van der Waals surface area contributed by atoms with E-state index in [-0.39, 0.29) is 67.8 Å². The Labute approximate surface area is 206 Å². The maximum absolute atomic E-state index is 12.1. The van der Waals surface area contributed by atoms with Crippen molar-refractivity contribution in [1.29, 1.82) is 0 Å². The van der Waals surface area contributed by atoms with Gasteiger partial charge in [-0.3, -0.25) is 16.9 Å². The van der Waals surface area contributed by atoms with Crippen molar-refractivity contribution < 1.29 is 68.7 Å². The van der Waals surface area contributed by atoms with Crippen LogP contribution in [0, 0.1) is 43.2 Å². The number of hydrogen-bond acceptors (Lipinski definition) is 6. The molecule has 29 heavy (non-hydrogen) atoms. The number of amides is 2. The smallest absolute Gasteiger partial charge is 0.393 e. The van der Waals surface area contributed by atoms with Crippen molar-refractivity contribution in [3.63, 3.8) is 0 Å². The predicted molar refractivity (Wildman–Crippen MR) is 98.8 cm³/mol. The average molecular weight is 661 g/mol. The van der Waals surface area contributed by atoms with Gasteiger partial charge in [-0.05, 0) is 7.05 Å². The molecule has 3 saturated heterocycles. The van der Waals surface area contributed by atoms with Crippen LogP contribution >= 0.6 is 0 Å². The van der Waals surface area contributed by atoms with Crippen LogP contribution < -0.4 is 15.1 Å². The first kappa shape index (κ1) is 24.6. The largest absolute Gasteiger partial charge is 0.443 e. The summed E-state index contributed by atoms with van der Waals surface area (Å²) in [6.45, 7) is 5.55. The maximum atomic E-state index is 12.1. The van der Waals surface area contributed by atoms with Crippen molar-refractivity contribution in [2.75, 3.05) is 56.2 Å². The van der Waals surface area contributed by atoms with Crippen molar-refractivity contribution in [1.82, 2.24) is 10.2 Å². The van der Waals surface area contributed by atoms with E-state index in [1.807, 2.05) is 0 Å². The number of anilines is 2. The Morgan fingerprint density at radius 1 is 1.28 bits per heavy atom. The SMILES string of the molecule is CC(=O)NCC1CN(c2c[c-]c(N3CCOC4CN(C)CC43)[c-]c2)C(=O)O1.[U].[V]. The molecule has 1 radical (unpaired) electrons. The Hall–Kier alpha value is -0.684. The molecular formula is C19H24N4O4UV-2. The van der Waals surface area contributed by atoms with Crippen LogP contribution in [0.1, 0.15) is 6.92 Å². The molecule has 1 N–H and O–H groups in total. The molecule has 1 aromatic carbocycles. The van der Waals surface area contributed by atoms with Crippen molar-refractivity contribution in [2.24, 2.45) is 0 Å². The third kappa shape index (κ3) is 5.52. The Kier molecular flexibility index (Phi) is 8.96. The number of likely N-dealkylation sites (tertiary alicyclic amines) is 1. The van der Waals surface area contributed by atoms with Gasteiger partial charge in [0.05, 0.1) is 25.3 Å². The standard InChI is InChI=1S/C19H24N4O4.U.V/c1-13(24)20-9-16-10-23(19(25)27-16)15-5-3-14(4-6-15)22-7-8-26-18-12-21(2)11-17(18)22;;/h5-6,16-18H,7-12H2,1-2H3,(H,20,24);;/q-2;;. The Balaban J connectivity index is 0.00000150. The summed E-state index contributed by atoms with van der Waals surface area (Å²) in [7, 11) is 2.10. The van der Waals surface area contributed by atoms with Crippen molar-refractivity contribution >= 4 is 23.4 Å². The third-order valence-electron chi connectivity index (χ3n) is 5.25. The monoisotopic (exact) mass is 661 g/mol. The van der Waals surface area contributed by atoms with Crippen LogP contribution in [0.2, 0.25) is 0 Å². The summed E-state index contributed by atoms with van der Waals surface area (Å²) in [6, 6.07) is 10.5. The number of nitrogens with zero attached hydrogens (tertiary/aromatic N) is 3. The number of hydrogen-bond donors (Lipinski definition) is 1. The van der Waals surface area contributed by atoms with Gasteiger partial charge >= 0.3 is 6.09 Å². The molecule has 3 unspecified atom stereocenters. The van der Waals surface area contributed by atoms with Gasteiger partial charge in [0, 0.05) is 82.8 Å². The number of carbonyl (C=O) groups excluding carboxylic acids is 2. The topological polar surface area (TPSA) is 74.4 Å². The fourth-order valence-electron chi connectivity index (χ4n) is 3.94. The molecular weight excluding hydrogens is 637 g/mol. The van der Waals surface area contributed by atoms with E-state index in [1.54, 1.807) is 17.0 Å². The second kappa shape index (κ2) is 10.6. The van der Waals surface area contributed by atoms with E-state index in [0.29, 0.717) is 31.4 Å². The zero-order chi connectivity index (χ0) is 19.0. The zero-order valence-corrected chi connectivity index (χ0v) is 22.1. The normalized spacial score (nSPS) is 26.3. The van der Waals surface area contributed by atoms with E-state index in [2.05, 4.69) is 34.3 Å². The van der Waals surface area contributed by atoms with Crippen LogP contribution in [0.3, 0.4) is 0 Å². The van der Waals surface area contributed by atoms with Gasteiger partial charge in [0.25, 0.3) is 0 Å². The number of benzene rings is 1. The summed E-state index contributed by atoms with van der Waals surface area (Å²) in [4.78, 5) is 29.3. The van der Waals surface area contributed by atoms with Crippen LogP contribution in [0.4, 0.5) is 16.2 Å². The van der Waals surface area contributed by atoms with Gasteiger partial charge in [0.2, 0.25) is 5.91 Å². The number of carbonyl (C=O) groups is 2. The number of rotatable bonds is 4. The minimum atomic E-state index is -0.413. The number of morpholine rings is 1. The second-order valence-electron chi connectivity index (χ2n) is 7.30. The van der Waals surface area contributed by atoms with E-state index in [1.165, 1.54) is 6.92 Å². The first-order valence-corrected chi connectivity index (χ1v) is 9.24. The van der Waals surface area contributed by atoms with Crippen molar-refractivity contribution in [2.45, 2.75) is 25.2 Å². The molecule has 4 rings (SSSR count). The molecule has 3 atom stereocenters. The van der Waals surface area contributed by atoms with Crippen molar-refractivity contribution in [3.05, 3.63) is 24.3 Å². The van der Waals surface area contributed by atoms with Crippen LogP contribution in [-0.2, 0) is 32.8 Å². The molecule has 3 aliphatic heterocycles. The quantitative estimate of drug-likeness (QED) is 0.468. The molecule has 0 aromatic heterocycles. The Bertz CT molecular complexity index is 723. The third-order valence-corrected chi connectivity index (χ3v) is 5.25. The second-order valence-corrected chi connectivity index (χ2v) is 7.30. The maximum Gasteiger partial charge on any atom is 0.393 e. The zero-order valence-electron chi connectivity index (χ0n) is 16.6. The average Bonchev–Trinajstić information content (AvgIpc) is 3.21. The van der Waals surface area contributed by atoms with Gasteiger partial charge in [0.15, 0.2) is 0 Å². The number of nitrogens with one attached hydrogen (secondary N) is 1. The Morgan fingerprint density at radius 2 is 2.00 bits per heavy atom. The number of fused-ring (bicyclic) bond motifs is 1. The summed E-state index contributed by atoms with van der Waals surface area (Å²) in [6.07, 6.45) is -0.549. The van der Waals surface area contributed by atoms with Gasteiger partial charge in [-0.2, -0.15) is 5.69 Å². The molecule has 3 aliphatic rings. The van der Waals surface area contributed by atoms with Crippen LogP contribution in [0.5, 0.6) is 0 Å². The summed E-state index contributed by atoms with van der Waals surface area (Å²) < 4.78 is 11.2. The molecule has 8 nitrogen and oxygen atoms in total. The number of cyclic esters (lactones) is 1. The molecule has 1 aromatic rings. The van der Waals surface area contributed by atoms with E-state index >= 15 is 0 Å². The van der Waals surface area contributed by atoms with E-state index in [0.717, 1.165) is 25.3 Å². The fraction of sp³-hybridized carbons (Fsp3) is 0.579. The molecule has 3 fully saturated rings. The molecule has 2 amide bonds. The van der Waals surface area contributed by atoms with Gasteiger partial charge in [-0.15, -0.1) is 0 Å². The van der Waals surface area contributed by atoms with Crippen molar-refractivity contribution in [3.8, 4) is 0 Å². The van der Waals surface area contributed by atoms with Gasteiger partial charge in [0.1, 0.15) is 6.10 Å². The first-order chi connectivity index (χ1) is 13.0. The molecule has 0 spiro atoms. The minimum Gasteiger partial charge on any atom is -0.443 e. The van der Waals surface area contributed by atoms with E-state index in [4.69, 9.17) is 9.47 Å².